The molecule has 0 aliphatic carbocycles. The standard InChI is InChI=1S/C19H19N5O4S/c1-12-7-8-14(24(26)27)9-15(12)20-18(25)11-29-19-21-17(22-23-19)10-28-16-6-4-3-5-13(16)2/h3-9H,10-11H2,1-2H3,(H,20,25)(H,21,22,23). The fourth-order valence-corrected chi connectivity index (χ4v) is 3.06. The zero-order valence-corrected chi connectivity index (χ0v) is 16.7. The van der Waals surface area contributed by atoms with Gasteiger partial charge in [0.15, 0.2) is 5.82 Å². The third-order valence-electron chi connectivity index (χ3n) is 4.01. The molecule has 0 saturated carbocycles. The lowest BCUT2D eigenvalue weighted by molar-refractivity contribution is -0.384. The summed E-state index contributed by atoms with van der Waals surface area (Å²) in [6, 6.07) is 12.0. The van der Waals surface area contributed by atoms with Gasteiger partial charge in [-0.25, -0.2) is 4.98 Å². The second-order valence-corrected chi connectivity index (χ2v) is 7.15. The summed E-state index contributed by atoms with van der Waals surface area (Å²) in [7, 11) is 0. The number of amides is 1. The van der Waals surface area contributed by atoms with Crippen molar-refractivity contribution < 1.29 is 14.5 Å². The zero-order chi connectivity index (χ0) is 20.8. The monoisotopic (exact) mass is 413 g/mol. The molecular formula is C19H19N5O4S. The first-order chi connectivity index (χ1) is 13.9. The fourth-order valence-electron chi connectivity index (χ4n) is 2.45. The molecule has 0 spiro atoms. The number of thioether (sulfide) groups is 1. The molecule has 1 heterocycles. The molecule has 0 fully saturated rings. The molecule has 0 unspecified atom stereocenters. The topological polar surface area (TPSA) is 123 Å². The number of aromatic amines is 1. The highest BCUT2D eigenvalue weighted by atomic mass is 32.2. The molecule has 0 saturated heterocycles. The van der Waals surface area contributed by atoms with Crippen molar-refractivity contribution >= 4 is 29.0 Å². The average molecular weight is 413 g/mol. The van der Waals surface area contributed by atoms with E-state index in [0.29, 0.717) is 16.7 Å². The molecule has 29 heavy (non-hydrogen) atoms. The number of anilines is 1. The molecule has 0 atom stereocenters. The number of nitrogens with one attached hydrogen (secondary N) is 2. The molecule has 0 bridgehead atoms. The van der Waals surface area contributed by atoms with E-state index in [2.05, 4.69) is 20.5 Å². The van der Waals surface area contributed by atoms with Crippen molar-refractivity contribution in [2.75, 3.05) is 11.1 Å². The average Bonchev–Trinajstić information content (AvgIpc) is 3.15. The Bertz CT molecular complexity index is 1040. The van der Waals surface area contributed by atoms with Gasteiger partial charge in [0.25, 0.3) is 5.69 Å². The van der Waals surface area contributed by atoms with Crippen molar-refractivity contribution in [2.45, 2.75) is 25.6 Å². The van der Waals surface area contributed by atoms with Crippen LogP contribution in [0.4, 0.5) is 11.4 Å². The van der Waals surface area contributed by atoms with E-state index in [1.54, 1.807) is 13.0 Å². The van der Waals surface area contributed by atoms with Gasteiger partial charge < -0.3 is 10.1 Å². The summed E-state index contributed by atoms with van der Waals surface area (Å²) in [5.41, 5.74) is 2.09. The Labute approximate surface area is 171 Å². The molecule has 2 aromatic carbocycles. The van der Waals surface area contributed by atoms with E-state index in [-0.39, 0.29) is 24.0 Å². The van der Waals surface area contributed by atoms with Crippen LogP contribution in [0.1, 0.15) is 17.0 Å². The highest BCUT2D eigenvalue weighted by Gasteiger charge is 2.13. The van der Waals surface area contributed by atoms with Gasteiger partial charge in [0.1, 0.15) is 12.4 Å². The number of aromatic nitrogens is 3. The number of nitro groups is 1. The van der Waals surface area contributed by atoms with Crippen LogP contribution in [0.15, 0.2) is 47.6 Å². The number of nitro benzene ring substituents is 1. The molecular weight excluding hydrogens is 394 g/mol. The third-order valence-corrected chi connectivity index (χ3v) is 4.85. The molecule has 1 amide bonds. The van der Waals surface area contributed by atoms with Crippen LogP contribution >= 0.6 is 11.8 Å². The van der Waals surface area contributed by atoms with E-state index >= 15 is 0 Å². The molecule has 10 heteroatoms. The summed E-state index contributed by atoms with van der Waals surface area (Å²) in [5.74, 6) is 1.08. The minimum Gasteiger partial charge on any atom is -0.485 e. The van der Waals surface area contributed by atoms with Gasteiger partial charge in [-0.15, -0.1) is 5.10 Å². The first-order valence-electron chi connectivity index (χ1n) is 8.70. The van der Waals surface area contributed by atoms with Crippen LogP contribution in [0.2, 0.25) is 0 Å². The quantitative estimate of drug-likeness (QED) is 0.328. The molecule has 1 aromatic heterocycles. The van der Waals surface area contributed by atoms with Gasteiger partial charge >= 0.3 is 0 Å². The molecule has 2 N–H and O–H groups in total. The number of H-pyrrole nitrogens is 1. The number of benzene rings is 2. The molecule has 3 rings (SSSR count). The van der Waals surface area contributed by atoms with Gasteiger partial charge in [0.05, 0.1) is 16.4 Å². The number of hydrogen-bond acceptors (Lipinski definition) is 7. The Morgan fingerprint density at radius 2 is 2.03 bits per heavy atom. The SMILES string of the molecule is Cc1ccc([N+](=O)[O-])cc1NC(=O)CSc1n[nH]c(COc2ccccc2C)n1. The normalized spacial score (nSPS) is 10.6. The van der Waals surface area contributed by atoms with Crippen molar-refractivity contribution in [2.24, 2.45) is 0 Å². The lowest BCUT2D eigenvalue weighted by Crippen LogP contribution is -2.15. The Kier molecular flexibility index (Phi) is 6.45. The number of rotatable bonds is 8. The Balaban J connectivity index is 1.52. The molecule has 3 aromatic rings. The maximum Gasteiger partial charge on any atom is 0.271 e. The summed E-state index contributed by atoms with van der Waals surface area (Å²) in [5, 5.41) is 20.8. The minimum absolute atomic E-state index is 0.0675. The second-order valence-electron chi connectivity index (χ2n) is 6.21. The van der Waals surface area contributed by atoms with E-state index in [4.69, 9.17) is 4.74 Å². The van der Waals surface area contributed by atoms with Crippen LogP contribution in [0, 0.1) is 24.0 Å². The van der Waals surface area contributed by atoms with Crippen LogP contribution in [0.5, 0.6) is 5.75 Å². The Morgan fingerprint density at radius 1 is 1.24 bits per heavy atom. The van der Waals surface area contributed by atoms with Crippen LogP contribution in [-0.2, 0) is 11.4 Å². The second kappa shape index (κ2) is 9.20. The molecule has 0 aliphatic rings. The van der Waals surface area contributed by atoms with Crippen molar-refractivity contribution in [3.05, 3.63) is 69.5 Å². The summed E-state index contributed by atoms with van der Waals surface area (Å²) >= 11 is 1.15. The predicted molar refractivity (Wildman–Crippen MR) is 109 cm³/mol. The van der Waals surface area contributed by atoms with Gasteiger partial charge in [-0.1, -0.05) is 36.0 Å². The lowest BCUT2D eigenvalue weighted by atomic mass is 10.2. The van der Waals surface area contributed by atoms with Crippen molar-refractivity contribution in [1.82, 2.24) is 15.2 Å². The van der Waals surface area contributed by atoms with Crippen LogP contribution < -0.4 is 10.1 Å². The van der Waals surface area contributed by atoms with E-state index in [1.165, 1.54) is 12.1 Å². The number of non-ortho nitro benzene ring substituents is 1. The van der Waals surface area contributed by atoms with Gasteiger partial charge in [-0.2, -0.15) is 0 Å². The first kappa shape index (κ1) is 20.3. The highest BCUT2D eigenvalue weighted by Crippen LogP contribution is 2.23. The minimum atomic E-state index is -0.502. The number of carbonyl (C=O) groups is 1. The summed E-state index contributed by atoms with van der Waals surface area (Å²) in [6.07, 6.45) is 0. The van der Waals surface area contributed by atoms with Crippen molar-refractivity contribution in [1.29, 1.82) is 0 Å². The number of nitrogens with zero attached hydrogens (tertiary/aromatic N) is 3. The smallest absolute Gasteiger partial charge is 0.271 e. The maximum atomic E-state index is 12.2. The van der Waals surface area contributed by atoms with E-state index < -0.39 is 4.92 Å². The van der Waals surface area contributed by atoms with Crippen LogP contribution in [-0.4, -0.2) is 31.8 Å². The molecule has 150 valence electrons. The van der Waals surface area contributed by atoms with Crippen molar-refractivity contribution in [3.63, 3.8) is 0 Å². The number of para-hydroxylation sites is 1. The first-order valence-corrected chi connectivity index (χ1v) is 9.68. The largest absolute Gasteiger partial charge is 0.485 e. The van der Waals surface area contributed by atoms with Crippen LogP contribution in [0.3, 0.4) is 0 Å². The third kappa shape index (κ3) is 5.55. The van der Waals surface area contributed by atoms with Gasteiger partial charge in [0, 0.05) is 12.1 Å². The Morgan fingerprint density at radius 3 is 2.79 bits per heavy atom. The fraction of sp³-hybridized carbons (Fsp3) is 0.211. The Hall–Kier alpha value is -3.40. The summed E-state index contributed by atoms with van der Waals surface area (Å²) in [4.78, 5) is 26.9. The van der Waals surface area contributed by atoms with Crippen LogP contribution in [0.25, 0.3) is 0 Å². The van der Waals surface area contributed by atoms with Gasteiger partial charge in [0.2, 0.25) is 11.1 Å². The van der Waals surface area contributed by atoms with E-state index in [1.807, 2.05) is 31.2 Å². The van der Waals surface area contributed by atoms with E-state index in [9.17, 15) is 14.9 Å². The zero-order valence-electron chi connectivity index (χ0n) is 15.8. The molecule has 0 radical (unpaired) electrons. The highest BCUT2D eigenvalue weighted by molar-refractivity contribution is 7.99. The maximum absolute atomic E-state index is 12.2. The lowest BCUT2D eigenvalue weighted by Gasteiger charge is -2.07. The summed E-state index contributed by atoms with van der Waals surface area (Å²) in [6.45, 7) is 3.96. The van der Waals surface area contributed by atoms with Crippen molar-refractivity contribution in [3.8, 4) is 5.75 Å². The predicted octanol–water partition coefficient (Wildman–Crippen LogP) is 3.64. The van der Waals surface area contributed by atoms with Gasteiger partial charge in [-0.3, -0.25) is 20.0 Å². The van der Waals surface area contributed by atoms with Gasteiger partial charge in [-0.05, 0) is 31.0 Å². The number of hydrogen-bond donors (Lipinski definition) is 2. The molecule has 0 aliphatic heterocycles. The summed E-state index contributed by atoms with van der Waals surface area (Å²) < 4.78 is 5.71. The number of ether oxygens (including phenoxy) is 1. The number of carbonyl (C=O) groups excluding carboxylic acids is 1. The molecule has 9 nitrogen and oxygen atoms in total. The number of aryl methyl sites for hydroxylation is 2. The van der Waals surface area contributed by atoms with E-state index in [0.717, 1.165) is 28.6 Å².